The minimum absolute atomic E-state index is 0. The van der Waals surface area contributed by atoms with E-state index in [1.165, 1.54) is 10.9 Å². The Bertz CT molecular complexity index is 397. The number of anilines is 1. The van der Waals surface area contributed by atoms with Crippen LogP contribution in [0.25, 0.3) is 0 Å². The molecule has 2 N–H and O–H groups in total. The van der Waals surface area contributed by atoms with Crippen LogP contribution in [-0.4, -0.2) is 33.8 Å². The average molecular weight is 284 g/mol. The second kappa shape index (κ2) is 6.04. The van der Waals surface area contributed by atoms with Gasteiger partial charge in [0, 0.05) is 26.2 Å². The van der Waals surface area contributed by atoms with E-state index in [0.717, 1.165) is 13.0 Å². The van der Waals surface area contributed by atoms with E-state index >= 15 is 0 Å². The quantitative estimate of drug-likeness (QED) is 0.638. The Labute approximate surface area is 111 Å². The van der Waals surface area contributed by atoms with Crippen LogP contribution in [0.2, 0.25) is 0 Å². The molecule has 0 bridgehead atoms. The number of aromatic nitrogens is 2. The molecule has 0 aromatic carbocycles. The standard InChI is InChI=1S/C8H13N5O2.2ClH/c1-11-8(7(4-10-11)13(14)15)12-3-2-6(9)5-12;;/h4,6H,2-3,5,9H2,1H3;2*1H/t6-;;/m1../s1. The van der Waals surface area contributed by atoms with Gasteiger partial charge in [0.2, 0.25) is 5.82 Å². The van der Waals surface area contributed by atoms with E-state index in [1.807, 2.05) is 4.90 Å². The van der Waals surface area contributed by atoms with Crippen LogP contribution in [0, 0.1) is 10.1 Å². The average Bonchev–Trinajstić information content (AvgIpc) is 2.71. The molecule has 98 valence electrons. The molecule has 0 spiro atoms. The Morgan fingerprint density at radius 1 is 1.59 bits per heavy atom. The van der Waals surface area contributed by atoms with Gasteiger partial charge in [-0.3, -0.25) is 10.1 Å². The van der Waals surface area contributed by atoms with Gasteiger partial charge in [0.05, 0.1) is 4.92 Å². The zero-order valence-corrected chi connectivity index (χ0v) is 10.9. The first-order chi connectivity index (χ1) is 7.09. The van der Waals surface area contributed by atoms with Crippen molar-refractivity contribution in [2.45, 2.75) is 12.5 Å². The Balaban J connectivity index is 0.00000128. The molecule has 9 heteroatoms. The van der Waals surface area contributed by atoms with Crippen molar-refractivity contribution in [3.8, 4) is 0 Å². The van der Waals surface area contributed by atoms with E-state index in [9.17, 15) is 10.1 Å². The van der Waals surface area contributed by atoms with Gasteiger partial charge in [0.25, 0.3) is 0 Å². The number of rotatable bonds is 2. The summed E-state index contributed by atoms with van der Waals surface area (Å²) in [5.41, 5.74) is 5.81. The lowest BCUT2D eigenvalue weighted by Crippen LogP contribution is -2.28. The summed E-state index contributed by atoms with van der Waals surface area (Å²) in [5.74, 6) is 0.549. The van der Waals surface area contributed by atoms with Gasteiger partial charge in [-0.15, -0.1) is 24.8 Å². The van der Waals surface area contributed by atoms with Crippen molar-refractivity contribution in [3.63, 3.8) is 0 Å². The Kier molecular flexibility index (Phi) is 5.67. The summed E-state index contributed by atoms with van der Waals surface area (Å²) in [6.45, 7) is 1.40. The van der Waals surface area contributed by atoms with E-state index in [-0.39, 0.29) is 36.5 Å². The first-order valence-electron chi connectivity index (χ1n) is 4.76. The topological polar surface area (TPSA) is 90.2 Å². The lowest BCUT2D eigenvalue weighted by atomic mass is 10.3. The van der Waals surface area contributed by atoms with Gasteiger partial charge < -0.3 is 10.6 Å². The van der Waals surface area contributed by atoms with Crippen molar-refractivity contribution in [2.24, 2.45) is 12.8 Å². The van der Waals surface area contributed by atoms with Gasteiger partial charge in [-0.2, -0.15) is 5.10 Å². The first-order valence-corrected chi connectivity index (χ1v) is 4.76. The van der Waals surface area contributed by atoms with Crippen molar-refractivity contribution >= 4 is 36.3 Å². The lowest BCUT2D eigenvalue weighted by molar-refractivity contribution is -0.384. The third-order valence-corrected chi connectivity index (χ3v) is 2.61. The van der Waals surface area contributed by atoms with E-state index in [2.05, 4.69) is 5.10 Å². The number of nitro groups is 1. The van der Waals surface area contributed by atoms with Crippen LogP contribution in [0.4, 0.5) is 11.5 Å². The molecule has 0 unspecified atom stereocenters. The molecular formula is C8H15Cl2N5O2. The fourth-order valence-corrected chi connectivity index (χ4v) is 1.89. The number of halogens is 2. The summed E-state index contributed by atoms with van der Waals surface area (Å²) < 4.78 is 1.52. The van der Waals surface area contributed by atoms with Crippen molar-refractivity contribution in [1.29, 1.82) is 0 Å². The fraction of sp³-hybridized carbons (Fsp3) is 0.625. The molecule has 7 nitrogen and oxygen atoms in total. The predicted molar refractivity (Wildman–Crippen MR) is 69.2 cm³/mol. The molecule has 0 saturated carbocycles. The molecule has 0 radical (unpaired) electrons. The normalized spacial score (nSPS) is 18.5. The summed E-state index contributed by atoms with van der Waals surface area (Å²) in [4.78, 5) is 12.3. The highest BCUT2D eigenvalue weighted by Crippen LogP contribution is 2.29. The van der Waals surface area contributed by atoms with E-state index in [1.54, 1.807) is 7.05 Å². The van der Waals surface area contributed by atoms with E-state index in [4.69, 9.17) is 5.73 Å². The number of aryl methyl sites for hydroxylation is 1. The maximum atomic E-state index is 10.8. The van der Waals surface area contributed by atoms with Crippen LogP contribution >= 0.6 is 24.8 Å². The minimum atomic E-state index is -0.411. The Hall–Kier alpha value is -1.05. The van der Waals surface area contributed by atoms with E-state index < -0.39 is 4.92 Å². The third-order valence-electron chi connectivity index (χ3n) is 2.61. The van der Waals surface area contributed by atoms with Gasteiger partial charge >= 0.3 is 5.69 Å². The molecule has 2 rings (SSSR count). The summed E-state index contributed by atoms with van der Waals surface area (Å²) in [5, 5.41) is 14.7. The number of hydrogen-bond donors (Lipinski definition) is 1. The molecule has 1 aromatic heterocycles. The van der Waals surface area contributed by atoms with Crippen molar-refractivity contribution in [2.75, 3.05) is 18.0 Å². The van der Waals surface area contributed by atoms with Gasteiger partial charge in [0.1, 0.15) is 6.20 Å². The molecule has 0 amide bonds. The van der Waals surface area contributed by atoms with Crippen LogP contribution < -0.4 is 10.6 Å². The Morgan fingerprint density at radius 2 is 2.24 bits per heavy atom. The smallest absolute Gasteiger partial charge is 0.331 e. The zero-order chi connectivity index (χ0) is 11.0. The summed E-state index contributed by atoms with van der Waals surface area (Å²) in [6, 6.07) is 0.0968. The number of hydrogen-bond acceptors (Lipinski definition) is 5. The molecule has 0 aliphatic carbocycles. The molecule has 1 atom stereocenters. The highest BCUT2D eigenvalue weighted by molar-refractivity contribution is 5.85. The monoisotopic (exact) mass is 283 g/mol. The second-order valence-electron chi connectivity index (χ2n) is 3.73. The minimum Gasteiger partial charge on any atom is -0.349 e. The largest absolute Gasteiger partial charge is 0.349 e. The predicted octanol–water partition coefficient (Wildman–Crippen LogP) is 0.709. The van der Waals surface area contributed by atoms with Crippen LogP contribution in [0.5, 0.6) is 0 Å². The lowest BCUT2D eigenvalue weighted by Gasteiger charge is -2.16. The highest BCUT2D eigenvalue weighted by Gasteiger charge is 2.29. The first kappa shape index (κ1) is 16.0. The zero-order valence-electron chi connectivity index (χ0n) is 9.28. The van der Waals surface area contributed by atoms with Crippen molar-refractivity contribution in [1.82, 2.24) is 9.78 Å². The molecule has 2 heterocycles. The molecule has 1 saturated heterocycles. The highest BCUT2D eigenvalue weighted by atomic mass is 35.5. The van der Waals surface area contributed by atoms with Gasteiger partial charge in [-0.05, 0) is 6.42 Å². The van der Waals surface area contributed by atoms with Crippen LogP contribution in [0.3, 0.4) is 0 Å². The molecule has 17 heavy (non-hydrogen) atoms. The van der Waals surface area contributed by atoms with Crippen LogP contribution in [0.1, 0.15) is 6.42 Å². The van der Waals surface area contributed by atoms with Gasteiger partial charge in [0.15, 0.2) is 0 Å². The second-order valence-corrected chi connectivity index (χ2v) is 3.73. The summed E-state index contributed by atoms with van der Waals surface area (Å²) in [6.07, 6.45) is 2.14. The summed E-state index contributed by atoms with van der Waals surface area (Å²) in [7, 11) is 1.70. The number of nitrogens with zero attached hydrogens (tertiary/aromatic N) is 4. The third kappa shape index (κ3) is 2.99. The molecule has 1 aliphatic heterocycles. The van der Waals surface area contributed by atoms with Crippen LogP contribution in [0.15, 0.2) is 6.20 Å². The molecule has 1 aromatic rings. The van der Waals surface area contributed by atoms with Crippen molar-refractivity contribution < 1.29 is 4.92 Å². The van der Waals surface area contributed by atoms with Gasteiger partial charge in [-0.25, -0.2) is 4.68 Å². The van der Waals surface area contributed by atoms with Crippen LogP contribution in [-0.2, 0) is 7.05 Å². The summed E-state index contributed by atoms with van der Waals surface area (Å²) >= 11 is 0. The maximum absolute atomic E-state index is 10.8. The van der Waals surface area contributed by atoms with Crippen molar-refractivity contribution in [3.05, 3.63) is 16.3 Å². The fourth-order valence-electron chi connectivity index (χ4n) is 1.89. The molecule has 1 aliphatic rings. The van der Waals surface area contributed by atoms with Gasteiger partial charge in [-0.1, -0.05) is 0 Å². The SMILES string of the molecule is Cl.Cl.Cn1ncc([N+](=O)[O-])c1N1CC[C@@H](N)C1. The maximum Gasteiger partial charge on any atom is 0.331 e. The van der Waals surface area contributed by atoms with E-state index in [0.29, 0.717) is 12.4 Å². The molecular weight excluding hydrogens is 269 g/mol. The Morgan fingerprint density at radius 3 is 2.71 bits per heavy atom. The number of nitrogens with two attached hydrogens (primary N) is 1. The molecule has 1 fully saturated rings.